The lowest BCUT2D eigenvalue weighted by Crippen LogP contribution is -2.25. The van der Waals surface area contributed by atoms with Crippen LogP contribution < -0.4 is 5.32 Å². The number of nitrogens with one attached hydrogen (secondary N) is 1. The van der Waals surface area contributed by atoms with Gasteiger partial charge in [0.2, 0.25) is 0 Å². The molecule has 0 saturated heterocycles. The minimum absolute atomic E-state index is 0.0577. The molecule has 0 aliphatic heterocycles. The Morgan fingerprint density at radius 3 is 3.06 bits per heavy atom. The molecule has 88 valence electrons. The van der Waals surface area contributed by atoms with E-state index >= 15 is 0 Å². The first-order valence-electron chi connectivity index (χ1n) is 5.55. The van der Waals surface area contributed by atoms with Crippen molar-refractivity contribution in [3.05, 3.63) is 22.5 Å². The van der Waals surface area contributed by atoms with Crippen molar-refractivity contribution in [2.75, 3.05) is 6.54 Å². The molecule has 0 radical (unpaired) electrons. The zero-order valence-electron chi connectivity index (χ0n) is 9.30. The summed E-state index contributed by atoms with van der Waals surface area (Å²) in [5.41, 5.74) is 0.0577. The maximum absolute atomic E-state index is 10.5. The standard InChI is InChI=1S/C10H16N4O2/c1-8(4-11-9-2-3-9)6-13-7-10(5-12-13)14(15)16/h5,7-9,11H,2-4,6H2,1H3. The minimum Gasteiger partial charge on any atom is -0.314 e. The number of nitrogens with zero attached hydrogens (tertiary/aromatic N) is 3. The van der Waals surface area contributed by atoms with Crippen LogP contribution in [0.4, 0.5) is 5.69 Å². The predicted octanol–water partition coefficient (Wildman–Crippen LogP) is 1.18. The van der Waals surface area contributed by atoms with Crippen LogP contribution in [0.5, 0.6) is 0 Å². The molecular formula is C10H16N4O2. The number of aromatic nitrogens is 2. The first kappa shape index (κ1) is 11.1. The first-order valence-corrected chi connectivity index (χ1v) is 5.55. The molecule has 1 aromatic rings. The van der Waals surface area contributed by atoms with Gasteiger partial charge in [0.05, 0.1) is 4.92 Å². The van der Waals surface area contributed by atoms with Crippen molar-refractivity contribution in [3.8, 4) is 0 Å². The second-order valence-corrected chi connectivity index (χ2v) is 4.47. The zero-order chi connectivity index (χ0) is 11.5. The Labute approximate surface area is 93.8 Å². The van der Waals surface area contributed by atoms with Crippen LogP contribution in [0.1, 0.15) is 19.8 Å². The van der Waals surface area contributed by atoms with Gasteiger partial charge in [-0.1, -0.05) is 6.92 Å². The fourth-order valence-electron chi connectivity index (χ4n) is 1.59. The Morgan fingerprint density at radius 2 is 2.50 bits per heavy atom. The lowest BCUT2D eigenvalue weighted by Gasteiger charge is -2.11. The van der Waals surface area contributed by atoms with Crippen LogP contribution in [0.15, 0.2) is 12.4 Å². The SMILES string of the molecule is CC(CNC1CC1)Cn1cc([N+](=O)[O-])cn1. The summed E-state index contributed by atoms with van der Waals surface area (Å²) in [5, 5.41) is 17.9. The molecule has 1 heterocycles. The van der Waals surface area contributed by atoms with E-state index in [2.05, 4.69) is 17.3 Å². The van der Waals surface area contributed by atoms with Crippen LogP contribution in [0, 0.1) is 16.0 Å². The van der Waals surface area contributed by atoms with Gasteiger partial charge in [0.25, 0.3) is 0 Å². The van der Waals surface area contributed by atoms with Crippen molar-refractivity contribution in [1.82, 2.24) is 15.1 Å². The zero-order valence-corrected chi connectivity index (χ0v) is 9.30. The molecule has 6 heteroatoms. The number of hydrogen-bond donors (Lipinski definition) is 1. The average molecular weight is 224 g/mol. The topological polar surface area (TPSA) is 73.0 Å². The van der Waals surface area contributed by atoms with Crippen LogP contribution in [0.25, 0.3) is 0 Å². The van der Waals surface area contributed by atoms with Gasteiger partial charge in [0, 0.05) is 12.6 Å². The Hall–Kier alpha value is -1.43. The summed E-state index contributed by atoms with van der Waals surface area (Å²) in [7, 11) is 0. The average Bonchev–Trinajstić information content (AvgIpc) is 2.95. The Kier molecular flexibility index (Phi) is 3.19. The summed E-state index contributed by atoms with van der Waals surface area (Å²) >= 11 is 0. The highest BCUT2D eigenvalue weighted by atomic mass is 16.6. The van der Waals surface area contributed by atoms with E-state index in [1.807, 2.05) is 0 Å². The van der Waals surface area contributed by atoms with Crippen LogP contribution in [-0.2, 0) is 6.54 Å². The maximum Gasteiger partial charge on any atom is 0.306 e. The van der Waals surface area contributed by atoms with E-state index in [0.29, 0.717) is 18.5 Å². The third-order valence-corrected chi connectivity index (χ3v) is 2.66. The van der Waals surface area contributed by atoms with Gasteiger partial charge < -0.3 is 5.32 Å². The van der Waals surface area contributed by atoms with Crippen molar-refractivity contribution in [3.63, 3.8) is 0 Å². The van der Waals surface area contributed by atoms with Gasteiger partial charge in [-0.05, 0) is 25.3 Å². The fourth-order valence-corrected chi connectivity index (χ4v) is 1.59. The van der Waals surface area contributed by atoms with Gasteiger partial charge in [-0.2, -0.15) is 5.10 Å². The molecule has 0 spiro atoms. The highest BCUT2D eigenvalue weighted by molar-refractivity contribution is 5.20. The number of nitro groups is 1. The van der Waals surface area contributed by atoms with Crippen LogP contribution in [0.3, 0.4) is 0 Å². The van der Waals surface area contributed by atoms with E-state index < -0.39 is 4.92 Å². The third kappa shape index (κ3) is 3.03. The quantitative estimate of drug-likeness (QED) is 0.581. The van der Waals surface area contributed by atoms with E-state index in [9.17, 15) is 10.1 Å². The molecule has 1 fully saturated rings. The van der Waals surface area contributed by atoms with Crippen molar-refractivity contribution in [1.29, 1.82) is 0 Å². The number of rotatable bonds is 6. The lowest BCUT2D eigenvalue weighted by molar-refractivity contribution is -0.385. The van der Waals surface area contributed by atoms with Gasteiger partial charge in [-0.25, -0.2) is 0 Å². The molecule has 0 bridgehead atoms. The van der Waals surface area contributed by atoms with Crippen molar-refractivity contribution >= 4 is 5.69 Å². The molecule has 1 aliphatic carbocycles. The Bertz CT molecular complexity index is 373. The van der Waals surface area contributed by atoms with Gasteiger partial charge in [-0.15, -0.1) is 0 Å². The highest BCUT2D eigenvalue weighted by Gasteiger charge is 2.21. The van der Waals surface area contributed by atoms with Crippen molar-refractivity contribution < 1.29 is 4.92 Å². The maximum atomic E-state index is 10.5. The third-order valence-electron chi connectivity index (χ3n) is 2.66. The van der Waals surface area contributed by atoms with Gasteiger partial charge in [-0.3, -0.25) is 14.8 Å². The molecule has 2 rings (SSSR count). The van der Waals surface area contributed by atoms with E-state index in [4.69, 9.17) is 0 Å². The van der Waals surface area contributed by atoms with Crippen LogP contribution in [0.2, 0.25) is 0 Å². The first-order chi connectivity index (χ1) is 7.65. The molecule has 1 atom stereocenters. The molecule has 16 heavy (non-hydrogen) atoms. The highest BCUT2D eigenvalue weighted by Crippen LogP contribution is 2.19. The fraction of sp³-hybridized carbons (Fsp3) is 0.700. The van der Waals surface area contributed by atoms with Crippen molar-refractivity contribution in [2.45, 2.75) is 32.4 Å². The second kappa shape index (κ2) is 4.61. The number of hydrogen-bond acceptors (Lipinski definition) is 4. The van der Waals surface area contributed by atoms with E-state index in [0.717, 1.165) is 6.54 Å². The molecular weight excluding hydrogens is 208 g/mol. The predicted molar refractivity (Wildman–Crippen MR) is 59.1 cm³/mol. The van der Waals surface area contributed by atoms with E-state index in [1.165, 1.54) is 25.2 Å². The largest absolute Gasteiger partial charge is 0.314 e. The molecule has 1 unspecified atom stereocenters. The summed E-state index contributed by atoms with van der Waals surface area (Å²) in [6.45, 7) is 3.77. The Balaban J connectivity index is 1.79. The smallest absolute Gasteiger partial charge is 0.306 e. The summed E-state index contributed by atoms with van der Waals surface area (Å²) in [6, 6.07) is 0.703. The molecule has 1 aromatic heterocycles. The van der Waals surface area contributed by atoms with E-state index in [-0.39, 0.29) is 5.69 Å². The van der Waals surface area contributed by atoms with Gasteiger partial charge in [0.15, 0.2) is 0 Å². The normalized spacial score (nSPS) is 17.3. The van der Waals surface area contributed by atoms with Crippen LogP contribution >= 0.6 is 0 Å². The minimum atomic E-state index is -0.420. The van der Waals surface area contributed by atoms with Crippen molar-refractivity contribution in [2.24, 2.45) is 5.92 Å². The summed E-state index contributed by atoms with van der Waals surface area (Å²) in [5.74, 6) is 0.431. The molecule has 1 N–H and O–H groups in total. The molecule has 1 saturated carbocycles. The van der Waals surface area contributed by atoms with Gasteiger partial charge in [0.1, 0.15) is 12.4 Å². The second-order valence-electron chi connectivity index (χ2n) is 4.47. The molecule has 6 nitrogen and oxygen atoms in total. The Morgan fingerprint density at radius 1 is 1.75 bits per heavy atom. The monoisotopic (exact) mass is 224 g/mol. The molecule has 1 aliphatic rings. The molecule has 0 aromatic carbocycles. The van der Waals surface area contributed by atoms with Gasteiger partial charge >= 0.3 is 5.69 Å². The lowest BCUT2D eigenvalue weighted by atomic mass is 10.2. The summed E-state index contributed by atoms with van der Waals surface area (Å²) in [4.78, 5) is 10.0. The van der Waals surface area contributed by atoms with E-state index in [1.54, 1.807) is 4.68 Å². The van der Waals surface area contributed by atoms with Crippen LogP contribution in [-0.4, -0.2) is 27.3 Å². The summed E-state index contributed by atoms with van der Waals surface area (Å²) < 4.78 is 1.64. The summed E-state index contributed by atoms with van der Waals surface area (Å²) in [6.07, 6.45) is 5.33. The molecule has 0 amide bonds.